The van der Waals surface area contributed by atoms with Gasteiger partial charge in [0.1, 0.15) is 6.10 Å². The fourth-order valence-electron chi connectivity index (χ4n) is 1.96. The van der Waals surface area contributed by atoms with Crippen LogP contribution in [-0.2, 0) is 4.74 Å². The molecular weight excluding hydrogens is 200 g/mol. The zero-order chi connectivity index (χ0) is 11.5. The van der Waals surface area contributed by atoms with Crippen LogP contribution in [0.1, 0.15) is 31.9 Å². The molecule has 1 aromatic rings. The highest BCUT2D eigenvalue weighted by Crippen LogP contribution is 2.28. The maximum Gasteiger partial charge on any atom is 0.105 e. The molecule has 0 amide bonds. The molecule has 2 rings (SSSR count). The maximum absolute atomic E-state index is 10.2. The topological polar surface area (TPSA) is 29.5 Å². The minimum Gasteiger partial charge on any atom is -0.386 e. The van der Waals surface area contributed by atoms with Crippen molar-refractivity contribution in [1.82, 2.24) is 0 Å². The molecule has 1 aliphatic heterocycles. The maximum atomic E-state index is 10.2. The first-order valence-electron chi connectivity index (χ1n) is 5.68. The second kappa shape index (κ2) is 4.81. The van der Waals surface area contributed by atoms with Gasteiger partial charge in [-0.2, -0.15) is 0 Å². The van der Waals surface area contributed by atoms with Gasteiger partial charge in [0, 0.05) is 0 Å². The van der Waals surface area contributed by atoms with Crippen molar-refractivity contribution < 1.29 is 9.84 Å². The lowest BCUT2D eigenvalue weighted by Gasteiger charge is -2.29. The van der Waals surface area contributed by atoms with E-state index in [0.717, 1.165) is 12.0 Å². The Hall–Kier alpha value is -1.12. The highest BCUT2D eigenvalue weighted by Gasteiger charge is 2.25. The Labute approximate surface area is 96.6 Å². The highest BCUT2D eigenvalue weighted by atomic mass is 16.5. The van der Waals surface area contributed by atoms with Gasteiger partial charge in [-0.05, 0) is 31.4 Å². The van der Waals surface area contributed by atoms with E-state index in [4.69, 9.17) is 4.74 Å². The van der Waals surface area contributed by atoms with E-state index in [-0.39, 0.29) is 6.10 Å². The van der Waals surface area contributed by atoms with E-state index in [1.165, 1.54) is 11.1 Å². The van der Waals surface area contributed by atoms with Crippen LogP contribution in [0.5, 0.6) is 0 Å². The highest BCUT2D eigenvalue weighted by molar-refractivity contribution is 5.21. The molecule has 0 spiro atoms. The van der Waals surface area contributed by atoms with Crippen LogP contribution in [0.15, 0.2) is 41.5 Å². The summed E-state index contributed by atoms with van der Waals surface area (Å²) in [5.41, 5.74) is 3.56. The van der Waals surface area contributed by atoms with Crippen molar-refractivity contribution in [3.63, 3.8) is 0 Å². The Morgan fingerprint density at radius 3 is 2.50 bits per heavy atom. The molecule has 1 N–H and O–H groups in total. The summed E-state index contributed by atoms with van der Waals surface area (Å²) < 4.78 is 5.67. The molecule has 86 valence electrons. The molecule has 0 aromatic heterocycles. The average molecular weight is 218 g/mol. The average Bonchev–Trinajstić information content (AvgIpc) is 2.33. The molecule has 0 radical (unpaired) electrons. The van der Waals surface area contributed by atoms with Gasteiger partial charge in [-0.3, -0.25) is 0 Å². The predicted molar refractivity (Wildman–Crippen MR) is 64.1 cm³/mol. The summed E-state index contributed by atoms with van der Waals surface area (Å²) in [6.07, 6.45) is 0.192. The second-order valence-electron chi connectivity index (χ2n) is 4.47. The van der Waals surface area contributed by atoms with Crippen LogP contribution in [0.2, 0.25) is 0 Å². The van der Waals surface area contributed by atoms with Gasteiger partial charge in [0.2, 0.25) is 0 Å². The largest absolute Gasteiger partial charge is 0.386 e. The van der Waals surface area contributed by atoms with Crippen LogP contribution < -0.4 is 0 Å². The molecule has 1 aliphatic rings. The van der Waals surface area contributed by atoms with E-state index in [1.54, 1.807) is 0 Å². The summed E-state index contributed by atoms with van der Waals surface area (Å²) in [6, 6.07) is 9.71. The van der Waals surface area contributed by atoms with E-state index in [2.05, 4.69) is 13.8 Å². The zero-order valence-electron chi connectivity index (χ0n) is 9.81. The van der Waals surface area contributed by atoms with Crippen molar-refractivity contribution in [1.29, 1.82) is 0 Å². The molecule has 2 atom stereocenters. The van der Waals surface area contributed by atoms with Crippen molar-refractivity contribution >= 4 is 0 Å². The van der Waals surface area contributed by atoms with Crippen molar-refractivity contribution in [2.75, 3.05) is 6.61 Å². The number of aliphatic hydroxyl groups is 1. The van der Waals surface area contributed by atoms with Gasteiger partial charge in [0.25, 0.3) is 0 Å². The summed E-state index contributed by atoms with van der Waals surface area (Å²) in [4.78, 5) is 0. The fraction of sp³-hybridized carbons (Fsp3) is 0.429. The molecule has 0 fully saturated rings. The van der Waals surface area contributed by atoms with Crippen LogP contribution in [0, 0.1) is 0 Å². The first kappa shape index (κ1) is 11.4. The molecule has 1 aromatic carbocycles. The van der Waals surface area contributed by atoms with E-state index >= 15 is 0 Å². The predicted octanol–water partition coefficient (Wildman–Crippen LogP) is 2.85. The number of ether oxygens (including phenoxy) is 1. The molecule has 1 heterocycles. The number of benzene rings is 1. The Morgan fingerprint density at radius 1 is 1.19 bits per heavy atom. The van der Waals surface area contributed by atoms with E-state index < -0.39 is 6.10 Å². The van der Waals surface area contributed by atoms with Crippen molar-refractivity contribution in [2.24, 2.45) is 0 Å². The molecule has 0 unspecified atom stereocenters. The van der Waals surface area contributed by atoms with Gasteiger partial charge < -0.3 is 9.84 Å². The van der Waals surface area contributed by atoms with Crippen LogP contribution in [0.3, 0.4) is 0 Å². The molecule has 0 saturated carbocycles. The van der Waals surface area contributed by atoms with Gasteiger partial charge in [-0.1, -0.05) is 35.9 Å². The summed E-state index contributed by atoms with van der Waals surface area (Å²) in [6.45, 7) is 4.84. The van der Waals surface area contributed by atoms with Crippen LogP contribution in [0.25, 0.3) is 0 Å². The molecule has 16 heavy (non-hydrogen) atoms. The normalized spacial score (nSPS) is 23.3. The molecule has 0 saturated heterocycles. The van der Waals surface area contributed by atoms with Crippen LogP contribution >= 0.6 is 0 Å². The van der Waals surface area contributed by atoms with Crippen molar-refractivity contribution in [3.05, 3.63) is 47.0 Å². The van der Waals surface area contributed by atoms with Gasteiger partial charge >= 0.3 is 0 Å². The lowest BCUT2D eigenvalue weighted by Crippen LogP contribution is -2.27. The third-order valence-electron chi connectivity index (χ3n) is 3.24. The fourth-order valence-corrected chi connectivity index (χ4v) is 1.96. The van der Waals surface area contributed by atoms with E-state index in [9.17, 15) is 5.11 Å². The molecule has 0 bridgehead atoms. The lowest BCUT2D eigenvalue weighted by atomic mass is 9.95. The number of hydrogen-bond donors (Lipinski definition) is 1. The Morgan fingerprint density at radius 2 is 1.88 bits per heavy atom. The first-order valence-corrected chi connectivity index (χ1v) is 5.68. The first-order chi connectivity index (χ1) is 7.68. The Kier molecular flexibility index (Phi) is 3.42. The van der Waals surface area contributed by atoms with Crippen molar-refractivity contribution in [3.8, 4) is 0 Å². The van der Waals surface area contributed by atoms with Gasteiger partial charge in [0.15, 0.2) is 0 Å². The summed E-state index contributed by atoms with van der Waals surface area (Å²) in [7, 11) is 0. The summed E-state index contributed by atoms with van der Waals surface area (Å²) in [5.74, 6) is 0. The molecular formula is C14H18O2. The minimum absolute atomic E-state index is 0.105. The van der Waals surface area contributed by atoms with E-state index in [0.29, 0.717) is 6.61 Å². The van der Waals surface area contributed by atoms with Crippen LogP contribution in [-0.4, -0.2) is 17.8 Å². The number of rotatable bonds is 2. The number of hydrogen-bond acceptors (Lipinski definition) is 2. The Bertz CT molecular complexity index is 381. The standard InChI is InChI=1S/C14H18O2/c1-10-8-13(16-9-11(10)2)14(15)12-6-4-3-5-7-12/h3-7,13-15H,8-9H2,1-2H3/t13-,14+/m1/s1. The van der Waals surface area contributed by atoms with Crippen molar-refractivity contribution in [2.45, 2.75) is 32.5 Å². The van der Waals surface area contributed by atoms with Gasteiger partial charge in [-0.15, -0.1) is 0 Å². The third kappa shape index (κ3) is 2.34. The smallest absolute Gasteiger partial charge is 0.105 e. The minimum atomic E-state index is -0.524. The quantitative estimate of drug-likeness (QED) is 0.773. The van der Waals surface area contributed by atoms with E-state index in [1.807, 2.05) is 30.3 Å². The molecule has 2 heteroatoms. The summed E-state index contributed by atoms with van der Waals surface area (Å²) >= 11 is 0. The molecule has 0 aliphatic carbocycles. The monoisotopic (exact) mass is 218 g/mol. The van der Waals surface area contributed by atoms with Gasteiger partial charge in [0.05, 0.1) is 12.7 Å². The van der Waals surface area contributed by atoms with Gasteiger partial charge in [-0.25, -0.2) is 0 Å². The second-order valence-corrected chi connectivity index (χ2v) is 4.47. The molecule has 2 nitrogen and oxygen atoms in total. The van der Waals surface area contributed by atoms with Crippen LogP contribution in [0.4, 0.5) is 0 Å². The Balaban J connectivity index is 2.10. The SMILES string of the molecule is CC1=C(C)C[C@H]([C@@H](O)c2ccccc2)OC1. The lowest BCUT2D eigenvalue weighted by molar-refractivity contribution is -0.0368. The third-order valence-corrected chi connectivity index (χ3v) is 3.24. The zero-order valence-corrected chi connectivity index (χ0v) is 9.81. The summed E-state index contributed by atoms with van der Waals surface area (Å²) in [5, 5.41) is 10.2. The number of aliphatic hydroxyl groups excluding tert-OH is 1.